The number of benzene rings is 1. The molecule has 0 saturated heterocycles. The van der Waals surface area contributed by atoms with Crippen LogP contribution in [0, 0.1) is 5.92 Å². The Bertz CT molecular complexity index is 1710. The summed E-state index contributed by atoms with van der Waals surface area (Å²) in [5, 5.41) is 2.06. The van der Waals surface area contributed by atoms with Crippen molar-refractivity contribution in [2.24, 2.45) is 5.92 Å². The Morgan fingerprint density at radius 3 is 2.29 bits per heavy atom. The number of aryl methyl sites for hydroxylation is 1. The summed E-state index contributed by atoms with van der Waals surface area (Å²) in [5.41, 5.74) is 1.41. The first-order valence-electron chi connectivity index (χ1n) is 10.7. The monoisotopic (exact) mass is 508 g/mol. The number of fused-ring (bicyclic) bond motifs is 6. The molecule has 1 aromatic carbocycles. The Hall–Kier alpha value is -3.50. The average Bonchev–Trinajstić information content (AvgIpc) is 3.37. The molecule has 0 radical (unpaired) electrons. The maximum absolute atomic E-state index is 11.8. The molecule has 0 spiro atoms. The number of carbonyl (C=O) groups excluding carboxylic acids is 2. The highest BCUT2D eigenvalue weighted by molar-refractivity contribution is 7.25. The van der Waals surface area contributed by atoms with Crippen LogP contribution in [-0.2, 0) is 17.6 Å². The van der Waals surface area contributed by atoms with Gasteiger partial charge in [-0.05, 0) is 56.9 Å². The lowest BCUT2D eigenvalue weighted by atomic mass is 9.85. The largest absolute Gasteiger partial charge is 0.313 e. The van der Waals surface area contributed by atoms with Gasteiger partial charge in [-0.3, -0.25) is 19.2 Å². The SMILES string of the molecule is C.CC(=O)C1CCc2sc3nc[nH]c(=O)c3c2C1.CC(=O)c1ccc2sc3nc[nH]c(=O)c3c2c1. The summed E-state index contributed by atoms with van der Waals surface area (Å²) in [5.74, 6) is 0.279. The Kier molecular flexibility index (Phi) is 6.77. The lowest BCUT2D eigenvalue weighted by Gasteiger charge is -2.19. The molecule has 10 heteroatoms. The molecule has 0 bridgehead atoms. The third-order valence-corrected chi connectivity index (χ3v) is 8.38. The number of nitrogens with zero attached hydrogens (tertiary/aromatic N) is 2. The number of aromatic amines is 2. The van der Waals surface area contributed by atoms with E-state index < -0.39 is 0 Å². The van der Waals surface area contributed by atoms with E-state index in [-0.39, 0.29) is 36.0 Å². The maximum Gasteiger partial charge on any atom is 0.260 e. The van der Waals surface area contributed by atoms with Gasteiger partial charge in [0.1, 0.15) is 15.4 Å². The van der Waals surface area contributed by atoms with Crippen molar-refractivity contribution in [2.45, 2.75) is 40.5 Å². The number of carbonyl (C=O) groups is 2. The molecular weight excluding hydrogens is 484 g/mol. The first-order valence-corrected chi connectivity index (χ1v) is 12.4. The van der Waals surface area contributed by atoms with E-state index in [0.717, 1.165) is 33.3 Å². The molecule has 4 heterocycles. The Morgan fingerprint density at radius 2 is 1.63 bits per heavy atom. The van der Waals surface area contributed by atoms with E-state index in [4.69, 9.17) is 0 Å². The number of nitrogens with one attached hydrogen (secondary N) is 2. The first-order chi connectivity index (χ1) is 16.3. The number of H-pyrrole nitrogens is 2. The predicted octanol–water partition coefficient (Wildman–Crippen LogP) is 4.66. The fraction of sp³-hybridized carbons (Fsp3) is 0.280. The molecule has 0 aliphatic heterocycles. The first kappa shape index (κ1) is 24.6. The molecule has 4 aromatic heterocycles. The van der Waals surface area contributed by atoms with Gasteiger partial charge < -0.3 is 9.97 Å². The van der Waals surface area contributed by atoms with Gasteiger partial charge in [0.25, 0.3) is 11.1 Å². The van der Waals surface area contributed by atoms with Gasteiger partial charge in [0.2, 0.25) is 0 Å². The molecule has 0 fully saturated rings. The van der Waals surface area contributed by atoms with Crippen molar-refractivity contribution in [1.29, 1.82) is 0 Å². The average molecular weight is 509 g/mol. The lowest BCUT2D eigenvalue weighted by Crippen LogP contribution is -2.20. The molecule has 0 amide bonds. The van der Waals surface area contributed by atoms with Crippen LogP contribution < -0.4 is 11.1 Å². The number of ketones is 2. The van der Waals surface area contributed by atoms with Crippen LogP contribution in [0.25, 0.3) is 30.5 Å². The van der Waals surface area contributed by atoms with E-state index in [2.05, 4.69) is 19.9 Å². The Balaban J connectivity index is 0.000000160. The second kappa shape index (κ2) is 9.63. The lowest BCUT2D eigenvalue weighted by molar-refractivity contribution is -0.121. The van der Waals surface area contributed by atoms with E-state index in [1.165, 1.54) is 35.8 Å². The van der Waals surface area contributed by atoms with Gasteiger partial charge in [-0.2, -0.15) is 0 Å². The normalized spacial score (nSPS) is 14.7. The number of aromatic nitrogens is 4. The molecule has 35 heavy (non-hydrogen) atoms. The standard InChI is InChI=1S/C12H12N2O2S.C12H8N2O2S.CH4/c2*1-6(15)7-2-3-9-8(4-7)10-11(16)13-5-14-12(10)17-9;/h5,7H,2-4H2,1H3,(H,13,14,16);2-5H,1H3,(H,13,14,16);1H4. The van der Waals surface area contributed by atoms with Crippen LogP contribution in [0.4, 0.5) is 0 Å². The molecular formula is C25H24N4O4S2. The van der Waals surface area contributed by atoms with Crippen LogP contribution in [0.5, 0.6) is 0 Å². The van der Waals surface area contributed by atoms with Crippen molar-refractivity contribution in [2.75, 3.05) is 0 Å². The molecule has 5 aromatic rings. The second-order valence-corrected chi connectivity index (χ2v) is 10.4. The molecule has 1 aliphatic rings. The second-order valence-electron chi connectivity index (χ2n) is 8.25. The minimum absolute atomic E-state index is 0. The van der Waals surface area contributed by atoms with Gasteiger partial charge in [-0.1, -0.05) is 7.43 Å². The minimum atomic E-state index is -0.165. The van der Waals surface area contributed by atoms with E-state index in [1.807, 2.05) is 6.07 Å². The zero-order chi connectivity index (χ0) is 24.0. The summed E-state index contributed by atoms with van der Waals surface area (Å²) in [6.45, 7) is 3.14. The molecule has 6 rings (SSSR count). The van der Waals surface area contributed by atoms with Crippen LogP contribution in [-0.4, -0.2) is 31.5 Å². The van der Waals surface area contributed by atoms with Crippen LogP contribution in [0.1, 0.15) is 48.5 Å². The molecule has 1 aliphatic carbocycles. The van der Waals surface area contributed by atoms with Gasteiger partial charge in [-0.25, -0.2) is 9.97 Å². The van der Waals surface area contributed by atoms with E-state index >= 15 is 0 Å². The van der Waals surface area contributed by atoms with Crippen molar-refractivity contribution in [1.82, 2.24) is 19.9 Å². The maximum atomic E-state index is 11.8. The smallest absolute Gasteiger partial charge is 0.260 e. The summed E-state index contributed by atoms with van der Waals surface area (Å²) in [7, 11) is 0. The van der Waals surface area contributed by atoms with Crippen LogP contribution >= 0.6 is 22.7 Å². The van der Waals surface area contributed by atoms with E-state index in [0.29, 0.717) is 27.6 Å². The molecule has 2 N–H and O–H groups in total. The highest BCUT2D eigenvalue weighted by atomic mass is 32.1. The number of thiophene rings is 2. The van der Waals surface area contributed by atoms with Crippen LogP contribution in [0.3, 0.4) is 0 Å². The van der Waals surface area contributed by atoms with Crippen molar-refractivity contribution >= 4 is 64.8 Å². The quantitative estimate of drug-likeness (QED) is 0.334. The third-order valence-electron chi connectivity index (χ3n) is 6.10. The number of hydrogen-bond acceptors (Lipinski definition) is 8. The summed E-state index contributed by atoms with van der Waals surface area (Å²) in [6.07, 6.45) is 5.31. The predicted molar refractivity (Wildman–Crippen MR) is 141 cm³/mol. The summed E-state index contributed by atoms with van der Waals surface area (Å²) < 4.78 is 0.967. The molecule has 1 unspecified atom stereocenters. The van der Waals surface area contributed by atoms with Gasteiger partial charge in [0.05, 0.1) is 23.4 Å². The molecule has 1 atom stereocenters. The van der Waals surface area contributed by atoms with Crippen molar-refractivity contribution in [3.63, 3.8) is 0 Å². The number of hydrogen-bond donors (Lipinski definition) is 2. The van der Waals surface area contributed by atoms with Crippen LogP contribution in [0.2, 0.25) is 0 Å². The van der Waals surface area contributed by atoms with Gasteiger partial charge in [0.15, 0.2) is 5.78 Å². The summed E-state index contributed by atoms with van der Waals surface area (Å²) >= 11 is 3.04. The molecule has 180 valence electrons. The van der Waals surface area contributed by atoms with Gasteiger partial charge in [-0.15, -0.1) is 22.7 Å². The number of rotatable bonds is 2. The summed E-state index contributed by atoms with van der Waals surface area (Å²) in [4.78, 5) is 62.6. The minimum Gasteiger partial charge on any atom is -0.313 e. The highest BCUT2D eigenvalue weighted by Gasteiger charge is 2.26. The fourth-order valence-electron chi connectivity index (χ4n) is 4.30. The topological polar surface area (TPSA) is 126 Å². The van der Waals surface area contributed by atoms with Crippen molar-refractivity contribution in [3.05, 3.63) is 67.6 Å². The fourth-order valence-corrected chi connectivity index (χ4v) is 6.51. The van der Waals surface area contributed by atoms with Gasteiger partial charge >= 0.3 is 0 Å². The Morgan fingerprint density at radius 1 is 0.971 bits per heavy atom. The molecule has 8 nitrogen and oxygen atoms in total. The Labute approximate surface area is 208 Å². The summed E-state index contributed by atoms with van der Waals surface area (Å²) in [6, 6.07) is 5.39. The zero-order valence-corrected chi connectivity index (χ0v) is 20.1. The van der Waals surface area contributed by atoms with Crippen molar-refractivity contribution < 1.29 is 9.59 Å². The highest BCUT2D eigenvalue weighted by Crippen LogP contribution is 2.35. The van der Waals surface area contributed by atoms with Crippen LogP contribution in [0.15, 0.2) is 40.4 Å². The zero-order valence-electron chi connectivity index (χ0n) is 18.4. The molecule has 0 saturated carbocycles. The van der Waals surface area contributed by atoms with E-state index in [9.17, 15) is 19.2 Å². The van der Waals surface area contributed by atoms with Crippen molar-refractivity contribution in [3.8, 4) is 0 Å². The number of Topliss-reactive ketones (excluding diaryl/α,β-unsaturated/α-hetero) is 2. The van der Waals surface area contributed by atoms with E-state index in [1.54, 1.807) is 30.4 Å². The third kappa shape index (κ3) is 4.46. The van der Waals surface area contributed by atoms with Gasteiger partial charge in [0, 0.05) is 26.4 Å².